The smallest absolute Gasteiger partial charge is 0.269 e. The molecule has 1 saturated heterocycles. The van der Waals surface area contributed by atoms with E-state index in [1.165, 1.54) is 12.1 Å². The second-order valence-electron chi connectivity index (χ2n) is 4.90. The molecule has 0 aliphatic carbocycles. The fourth-order valence-electron chi connectivity index (χ4n) is 2.01. The highest BCUT2D eigenvalue weighted by molar-refractivity contribution is 8.18. The lowest BCUT2D eigenvalue weighted by Gasteiger charge is -2.00. The first-order valence-corrected chi connectivity index (χ1v) is 8.49. The molecule has 1 N–H and O–H groups in total. The molecule has 0 aromatic heterocycles. The van der Waals surface area contributed by atoms with Gasteiger partial charge in [-0.3, -0.25) is 14.9 Å². The van der Waals surface area contributed by atoms with Gasteiger partial charge >= 0.3 is 0 Å². The van der Waals surface area contributed by atoms with E-state index < -0.39 is 4.92 Å². The molecule has 1 fully saturated rings. The van der Waals surface area contributed by atoms with Crippen LogP contribution in [0.4, 0.5) is 11.4 Å². The Bertz CT molecular complexity index is 927. The Hall–Kier alpha value is -2.35. The first-order valence-electron chi connectivity index (χ1n) is 6.92. The molecule has 0 atom stereocenters. The number of rotatable bonds is 3. The number of amides is 1. The van der Waals surface area contributed by atoms with Crippen molar-refractivity contribution >= 4 is 63.5 Å². The summed E-state index contributed by atoms with van der Waals surface area (Å²) >= 11 is 13.2. The molecule has 1 aliphatic rings. The Morgan fingerprint density at radius 2 is 1.88 bits per heavy atom. The predicted octanol–water partition coefficient (Wildman–Crippen LogP) is 4.79. The number of aliphatic imine (C=N–C) groups is 1. The summed E-state index contributed by atoms with van der Waals surface area (Å²) in [6, 6.07) is 10.9. The van der Waals surface area contributed by atoms with Gasteiger partial charge in [0, 0.05) is 12.1 Å². The van der Waals surface area contributed by atoms with E-state index in [1.54, 1.807) is 36.4 Å². The third-order valence-corrected chi connectivity index (χ3v) is 4.92. The second kappa shape index (κ2) is 7.26. The zero-order chi connectivity index (χ0) is 18.0. The van der Waals surface area contributed by atoms with E-state index >= 15 is 0 Å². The van der Waals surface area contributed by atoms with Crippen molar-refractivity contribution in [3.05, 3.63) is 73.1 Å². The molecule has 126 valence electrons. The molecule has 1 heterocycles. The molecule has 3 rings (SSSR count). The average Bonchev–Trinajstić information content (AvgIpc) is 2.92. The standard InChI is InChI=1S/C16H9Cl2N3O3S/c17-11-2-1-3-12(14(11)18)19-16-20-15(22)13(25-16)8-9-4-6-10(7-5-9)21(23)24/h1-8H,(H,19,20,22). The molecular formula is C16H9Cl2N3O3S. The molecule has 2 aromatic rings. The monoisotopic (exact) mass is 393 g/mol. The van der Waals surface area contributed by atoms with Gasteiger partial charge in [0.05, 0.1) is 25.6 Å². The lowest BCUT2D eigenvalue weighted by Crippen LogP contribution is -2.19. The summed E-state index contributed by atoms with van der Waals surface area (Å²) in [5, 5.41) is 14.4. The van der Waals surface area contributed by atoms with Crippen LogP contribution in [0.2, 0.25) is 10.0 Å². The summed E-state index contributed by atoms with van der Waals surface area (Å²) in [6.45, 7) is 0. The van der Waals surface area contributed by atoms with Gasteiger partial charge in [0.2, 0.25) is 0 Å². The summed E-state index contributed by atoms with van der Waals surface area (Å²) < 4.78 is 0. The second-order valence-corrected chi connectivity index (χ2v) is 6.72. The summed E-state index contributed by atoms with van der Waals surface area (Å²) in [6.07, 6.45) is 1.63. The van der Waals surface area contributed by atoms with Gasteiger partial charge in [-0.05, 0) is 47.7 Å². The average molecular weight is 394 g/mol. The van der Waals surface area contributed by atoms with Gasteiger partial charge in [0.15, 0.2) is 5.17 Å². The van der Waals surface area contributed by atoms with E-state index in [9.17, 15) is 14.9 Å². The Morgan fingerprint density at radius 3 is 2.56 bits per heavy atom. The van der Waals surface area contributed by atoms with E-state index in [4.69, 9.17) is 23.2 Å². The number of carbonyl (C=O) groups excluding carboxylic acids is 1. The van der Waals surface area contributed by atoms with E-state index in [1.807, 2.05) is 0 Å². The fourth-order valence-corrected chi connectivity index (χ4v) is 3.18. The third kappa shape index (κ3) is 4.01. The number of halogens is 2. The maximum Gasteiger partial charge on any atom is 0.269 e. The van der Waals surface area contributed by atoms with Crippen molar-refractivity contribution in [2.75, 3.05) is 0 Å². The molecule has 6 nitrogen and oxygen atoms in total. The zero-order valence-electron chi connectivity index (χ0n) is 12.4. The molecule has 25 heavy (non-hydrogen) atoms. The van der Waals surface area contributed by atoms with Crippen LogP contribution < -0.4 is 5.32 Å². The van der Waals surface area contributed by atoms with Crippen LogP contribution in [-0.4, -0.2) is 16.0 Å². The number of hydrogen-bond acceptors (Lipinski definition) is 5. The van der Waals surface area contributed by atoms with Gasteiger partial charge in [-0.2, -0.15) is 0 Å². The first-order chi connectivity index (χ1) is 11.9. The van der Waals surface area contributed by atoms with Crippen LogP contribution in [0.5, 0.6) is 0 Å². The molecule has 1 amide bonds. The number of carbonyl (C=O) groups is 1. The number of nitrogens with zero attached hydrogens (tertiary/aromatic N) is 2. The summed E-state index contributed by atoms with van der Waals surface area (Å²) in [5.74, 6) is -0.305. The molecule has 0 radical (unpaired) electrons. The Morgan fingerprint density at radius 1 is 1.16 bits per heavy atom. The minimum Gasteiger partial charge on any atom is -0.300 e. The highest BCUT2D eigenvalue weighted by atomic mass is 35.5. The van der Waals surface area contributed by atoms with Crippen LogP contribution in [0.3, 0.4) is 0 Å². The molecule has 1 aliphatic heterocycles. The van der Waals surface area contributed by atoms with E-state index in [2.05, 4.69) is 10.3 Å². The van der Waals surface area contributed by atoms with Crippen molar-refractivity contribution in [3.8, 4) is 0 Å². The molecule has 2 aromatic carbocycles. The van der Waals surface area contributed by atoms with Gasteiger partial charge < -0.3 is 5.32 Å². The highest BCUT2D eigenvalue weighted by Gasteiger charge is 2.24. The topological polar surface area (TPSA) is 84.6 Å². The molecule has 0 spiro atoms. The lowest BCUT2D eigenvalue weighted by atomic mass is 10.2. The molecule has 0 unspecified atom stereocenters. The number of benzene rings is 2. The van der Waals surface area contributed by atoms with Crippen molar-refractivity contribution in [3.63, 3.8) is 0 Å². The Labute approximate surface area is 156 Å². The number of nitro benzene ring substituents is 1. The largest absolute Gasteiger partial charge is 0.300 e. The quantitative estimate of drug-likeness (QED) is 0.461. The van der Waals surface area contributed by atoms with Crippen molar-refractivity contribution in [1.82, 2.24) is 5.32 Å². The number of hydrogen-bond donors (Lipinski definition) is 1. The van der Waals surface area contributed by atoms with Crippen LogP contribution in [0.1, 0.15) is 5.56 Å². The number of thioether (sulfide) groups is 1. The summed E-state index contributed by atoms with van der Waals surface area (Å²) in [5.41, 5.74) is 1.11. The Kier molecular flexibility index (Phi) is 5.08. The molecule has 0 bridgehead atoms. The molecule has 9 heteroatoms. The normalized spacial score (nSPS) is 17.1. The van der Waals surface area contributed by atoms with Crippen molar-refractivity contribution in [1.29, 1.82) is 0 Å². The van der Waals surface area contributed by atoms with Crippen LogP contribution in [0, 0.1) is 10.1 Å². The van der Waals surface area contributed by atoms with Crippen LogP contribution in [0.15, 0.2) is 52.4 Å². The summed E-state index contributed by atoms with van der Waals surface area (Å²) in [7, 11) is 0. The van der Waals surface area contributed by atoms with Gasteiger partial charge in [0.1, 0.15) is 0 Å². The van der Waals surface area contributed by atoms with E-state index in [0.717, 1.165) is 11.8 Å². The van der Waals surface area contributed by atoms with Crippen LogP contribution in [0.25, 0.3) is 6.08 Å². The first kappa shape index (κ1) is 17.5. The van der Waals surface area contributed by atoms with Crippen molar-refractivity contribution < 1.29 is 9.72 Å². The predicted molar refractivity (Wildman–Crippen MR) is 100 cm³/mol. The minimum absolute atomic E-state index is 0.0106. The van der Waals surface area contributed by atoms with Crippen LogP contribution >= 0.6 is 35.0 Å². The maximum absolute atomic E-state index is 12.1. The van der Waals surface area contributed by atoms with Gasteiger partial charge in [-0.25, -0.2) is 4.99 Å². The number of nitro groups is 1. The zero-order valence-corrected chi connectivity index (χ0v) is 14.7. The van der Waals surface area contributed by atoms with Crippen molar-refractivity contribution in [2.24, 2.45) is 4.99 Å². The number of amidine groups is 1. The lowest BCUT2D eigenvalue weighted by molar-refractivity contribution is -0.384. The van der Waals surface area contributed by atoms with Gasteiger partial charge in [0.25, 0.3) is 11.6 Å². The SMILES string of the molecule is O=C1NC(=Nc2cccc(Cl)c2Cl)SC1=Cc1ccc([N+](=O)[O-])cc1. The minimum atomic E-state index is -0.479. The fraction of sp³-hybridized carbons (Fsp3) is 0. The van der Waals surface area contributed by atoms with Gasteiger partial charge in [-0.1, -0.05) is 29.3 Å². The van der Waals surface area contributed by atoms with Crippen molar-refractivity contribution in [2.45, 2.75) is 0 Å². The van der Waals surface area contributed by atoms with E-state index in [0.29, 0.717) is 31.4 Å². The Balaban J connectivity index is 1.83. The van der Waals surface area contributed by atoms with E-state index in [-0.39, 0.29) is 11.6 Å². The third-order valence-electron chi connectivity index (χ3n) is 3.21. The number of nitrogens with one attached hydrogen (secondary N) is 1. The maximum atomic E-state index is 12.1. The highest BCUT2D eigenvalue weighted by Crippen LogP contribution is 2.34. The molecule has 0 saturated carbocycles. The van der Waals surface area contributed by atoms with Crippen LogP contribution in [-0.2, 0) is 4.79 Å². The van der Waals surface area contributed by atoms with Gasteiger partial charge in [-0.15, -0.1) is 0 Å². The number of non-ortho nitro benzene ring substituents is 1. The molecular weight excluding hydrogens is 385 g/mol. The summed E-state index contributed by atoms with van der Waals surface area (Å²) in [4.78, 5) is 27.0.